The maximum atomic E-state index is 12.4. The van der Waals surface area contributed by atoms with Crippen LogP contribution in [0.25, 0.3) is 0 Å². The molecule has 0 fully saturated rings. The number of ether oxygens (including phenoxy) is 1. The topological polar surface area (TPSA) is 60.2 Å². The molecule has 0 N–H and O–H groups in total. The largest absolute Gasteiger partial charge is 0.492 e. The Kier molecular flexibility index (Phi) is 5.41. The predicted molar refractivity (Wildman–Crippen MR) is 94.5 cm³/mol. The first kappa shape index (κ1) is 16.7. The van der Waals surface area contributed by atoms with Gasteiger partial charge < -0.3 is 9.64 Å². The molecule has 0 saturated heterocycles. The molecule has 3 rings (SSSR count). The molecule has 0 spiro atoms. The fourth-order valence-corrected chi connectivity index (χ4v) is 2.36. The lowest BCUT2D eigenvalue weighted by molar-refractivity contribution is 0.0768. The van der Waals surface area contributed by atoms with Gasteiger partial charge in [0, 0.05) is 7.05 Å². The van der Waals surface area contributed by atoms with Crippen molar-refractivity contribution in [1.29, 1.82) is 0 Å². The Labute approximate surface area is 146 Å². The van der Waals surface area contributed by atoms with Crippen LogP contribution >= 0.6 is 0 Å². The molecule has 0 aliphatic carbocycles. The number of hydrogen-bond donors (Lipinski definition) is 0. The van der Waals surface area contributed by atoms with E-state index in [1.54, 1.807) is 22.8 Å². The van der Waals surface area contributed by atoms with Crippen LogP contribution in [-0.4, -0.2) is 46.0 Å². The van der Waals surface area contributed by atoms with Crippen LogP contribution < -0.4 is 4.74 Å². The maximum Gasteiger partial charge on any atom is 0.275 e. The Bertz CT molecular complexity index is 803. The number of likely N-dealkylation sites (N-methyl/N-ethyl adjacent to an activating group) is 1. The van der Waals surface area contributed by atoms with Gasteiger partial charge in [0.15, 0.2) is 5.69 Å². The first-order valence-electron chi connectivity index (χ1n) is 8.10. The van der Waals surface area contributed by atoms with E-state index in [0.717, 1.165) is 11.3 Å². The number of para-hydroxylation sites is 1. The molecule has 0 aliphatic rings. The number of carbonyl (C=O) groups is 1. The fourth-order valence-electron chi connectivity index (χ4n) is 2.36. The monoisotopic (exact) mass is 336 g/mol. The number of amides is 1. The summed E-state index contributed by atoms with van der Waals surface area (Å²) in [5.74, 6) is 0.619. The highest BCUT2D eigenvalue weighted by atomic mass is 16.5. The summed E-state index contributed by atoms with van der Waals surface area (Å²) in [7, 11) is 1.73. The van der Waals surface area contributed by atoms with Gasteiger partial charge in [0.2, 0.25) is 0 Å². The van der Waals surface area contributed by atoms with Gasteiger partial charge in [-0.2, -0.15) is 0 Å². The molecule has 0 atom stereocenters. The summed E-state index contributed by atoms with van der Waals surface area (Å²) >= 11 is 0. The van der Waals surface area contributed by atoms with Gasteiger partial charge in [-0.25, -0.2) is 4.68 Å². The van der Waals surface area contributed by atoms with E-state index < -0.39 is 0 Å². The van der Waals surface area contributed by atoms with Crippen LogP contribution in [0.1, 0.15) is 16.1 Å². The Morgan fingerprint density at radius 1 is 1.08 bits per heavy atom. The molecule has 0 aliphatic heterocycles. The van der Waals surface area contributed by atoms with Gasteiger partial charge in [-0.1, -0.05) is 53.7 Å². The fraction of sp³-hybridized carbons (Fsp3) is 0.211. The Balaban J connectivity index is 1.52. The van der Waals surface area contributed by atoms with Gasteiger partial charge in [0.05, 0.1) is 19.3 Å². The van der Waals surface area contributed by atoms with Crippen molar-refractivity contribution in [1.82, 2.24) is 19.9 Å². The quantitative estimate of drug-likeness (QED) is 0.665. The van der Waals surface area contributed by atoms with Crippen molar-refractivity contribution in [2.75, 3.05) is 20.2 Å². The molecular weight excluding hydrogens is 316 g/mol. The average Bonchev–Trinajstić information content (AvgIpc) is 3.11. The van der Waals surface area contributed by atoms with Gasteiger partial charge in [-0.05, 0) is 17.7 Å². The van der Waals surface area contributed by atoms with Crippen LogP contribution in [0, 0.1) is 0 Å². The first-order valence-corrected chi connectivity index (χ1v) is 8.10. The third-order valence-electron chi connectivity index (χ3n) is 3.73. The number of benzene rings is 2. The molecule has 128 valence electrons. The molecule has 6 nitrogen and oxygen atoms in total. The summed E-state index contributed by atoms with van der Waals surface area (Å²) in [6, 6.07) is 19.5. The minimum atomic E-state index is -0.170. The summed E-state index contributed by atoms with van der Waals surface area (Å²) < 4.78 is 7.28. The minimum absolute atomic E-state index is 0.170. The second kappa shape index (κ2) is 8.10. The van der Waals surface area contributed by atoms with E-state index in [2.05, 4.69) is 10.3 Å². The summed E-state index contributed by atoms with van der Waals surface area (Å²) in [5, 5.41) is 8.01. The minimum Gasteiger partial charge on any atom is -0.492 e. The Morgan fingerprint density at radius 2 is 1.76 bits per heavy atom. The smallest absolute Gasteiger partial charge is 0.275 e. The van der Waals surface area contributed by atoms with Crippen molar-refractivity contribution < 1.29 is 9.53 Å². The lowest BCUT2D eigenvalue weighted by Gasteiger charge is -2.16. The van der Waals surface area contributed by atoms with Crippen molar-refractivity contribution in [3.8, 4) is 5.75 Å². The van der Waals surface area contributed by atoms with E-state index in [9.17, 15) is 4.79 Å². The number of hydrogen-bond acceptors (Lipinski definition) is 4. The third-order valence-corrected chi connectivity index (χ3v) is 3.73. The van der Waals surface area contributed by atoms with Gasteiger partial charge in [0.25, 0.3) is 5.91 Å². The molecule has 3 aromatic rings. The molecule has 0 bridgehead atoms. The van der Waals surface area contributed by atoms with E-state index >= 15 is 0 Å². The van der Waals surface area contributed by atoms with Crippen LogP contribution in [0.15, 0.2) is 66.9 Å². The molecule has 6 heteroatoms. The molecule has 0 radical (unpaired) electrons. The highest BCUT2D eigenvalue weighted by Crippen LogP contribution is 2.08. The van der Waals surface area contributed by atoms with Crippen molar-refractivity contribution >= 4 is 5.91 Å². The molecule has 1 aromatic heterocycles. The van der Waals surface area contributed by atoms with Crippen molar-refractivity contribution in [2.45, 2.75) is 6.54 Å². The summed E-state index contributed by atoms with van der Waals surface area (Å²) in [4.78, 5) is 14.0. The zero-order chi connectivity index (χ0) is 17.5. The molecule has 1 amide bonds. The summed E-state index contributed by atoms with van der Waals surface area (Å²) in [5.41, 5.74) is 1.44. The third kappa shape index (κ3) is 4.67. The first-order chi connectivity index (χ1) is 12.2. The number of nitrogens with zero attached hydrogens (tertiary/aromatic N) is 4. The number of aromatic nitrogens is 3. The Morgan fingerprint density at radius 3 is 2.48 bits per heavy atom. The van der Waals surface area contributed by atoms with Crippen LogP contribution in [0.5, 0.6) is 5.75 Å². The zero-order valence-electron chi connectivity index (χ0n) is 14.1. The van der Waals surface area contributed by atoms with Gasteiger partial charge in [-0.15, -0.1) is 5.10 Å². The number of carbonyl (C=O) groups excluding carboxylic acids is 1. The Hall–Kier alpha value is -3.15. The zero-order valence-corrected chi connectivity index (χ0v) is 14.1. The van der Waals surface area contributed by atoms with Crippen LogP contribution in [0.4, 0.5) is 0 Å². The van der Waals surface area contributed by atoms with Crippen LogP contribution in [0.3, 0.4) is 0 Å². The van der Waals surface area contributed by atoms with Crippen molar-refractivity contribution in [3.63, 3.8) is 0 Å². The lowest BCUT2D eigenvalue weighted by atomic mass is 10.2. The van der Waals surface area contributed by atoms with Gasteiger partial charge in [0.1, 0.15) is 12.4 Å². The highest BCUT2D eigenvalue weighted by molar-refractivity contribution is 5.91. The standard InChI is InChI=1S/C19H20N4O2/c1-22(12-13-25-17-10-6-3-7-11-17)19(24)18-15-23(21-20-18)14-16-8-4-2-5-9-16/h2-11,15H,12-14H2,1H3. The van der Waals surface area contributed by atoms with E-state index in [0.29, 0.717) is 25.4 Å². The molecule has 1 heterocycles. The van der Waals surface area contributed by atoms with E-state index in [-0.39, 0.29) is 5.91 Å². The molecule has 0 saturated carbocycles. The predicted octanol–water partition coefficient (Wildman–Crippen LogP) is 2.48. The average molecular weight is 336 g/mol. The molecule has 25 heavy (non-hydrogen) atoms. The van der Waals surface area contributed by atoms with E-state index in [1.807, 2.05) is 60.7 Å². The highest BCUT2D eigenvalue weighted by Gasteiger charge is 2.15. The van der Waals surface area contributed by atoms with E-state index in [1.165, 1.54) is 0 Å². The van der Waals surface area contributed by atoms with Gasteiger partial charge >= 0.3 is 0 Å². The molecule has 2 aromatic carbocycles. The van der Waals surface area contributed by atoms with Crippen LogP contribution in [0.2, 0.25) is 0 Å². The molecule has 0 unspecified atom stereocenters. The maximum absolute atomic E-state index is 12.4. The SMILES string of the molecule is CN(CCOc1ccccc1)C(=O)c1cn(Cc2ccccc2)nn1. The van der Waals surface area contributed by atoms with Crippen LogP contribution in [-0.2, 0) is 6.54 Å². The lowest BCUT2D eigenvalue weighted by Crippen LogP contribution is -2.31. The molecular formula is C19H20N4O2. The summed E-state index contributed by atoms with van der Waals surface area (Å²) in [6.45, 7) is 1.48. The van der Waals surface area contributed by atoms with E-state index in [4.69, 9.17) is 4.74 Å². The normalized spacial score (nSPS) is 10.4. The second-order valence-electron chi connectivity index (χ2n) is 5.68. The van der Waals surface area contributed by atoms with Crippen molar-refractivity contribution in [3.05, 3.63) is 78.1 Å². The summed E-state index contributed by atoms with van der Waals surface area (Å²) in [6.07, 6.45) is 1.67. The van der Waals surface area contributed by atoms with Crippen molar-refractivity contribution in [2.24, 2.45) is 0 Å². The number of rotatable bonds is 7. The van der Waals surface area contributed by atoms with Gasteiger partial charge in [-0.3, -0.25) is 4.79 Å². The second-order valence-corrected chi connectivity index (χ2v) is 5.68.